The van der Waals surface area contributed by atoms with Crippen molar-refractivity contribution >= 4 is 11.8 Å². The Morgan fingerprint density at radius 2 is 1.94 bits per heavy atom. The zero-order chi connectivity index (χ0) is 22.6. The van der Waals surface area contributed by atoms with E-state index < -0.39 is 5.54 Å². The van der Waals surface area contributed by atoms with Crippen LogP contribution in [0.15, 0.2) is 34.9 Å². The number of fused-ring (bicyclic) bond motifs is 1. The Labute approximate surface area is 190 Å². The number of aromatic nitrogens is 1. The van der Waals surface area contributed by atoms with Crippen LogP contribution in [0.3, 0.4) is 0 Å². The maximum absolute atomic E-state index is 13.7. The zero-order valence-corrected chi connectivity index (χ0v) is 19.3. The van der Waals surface area contributed by atoms with Gasteiger partial charge in [0.2, 0.25) is 5.91 Å². The number of hydrogen-bond acceptors (Lipinski definition) is 4. The Bertz CT molecular complexity index is 912. The van der Waals surface area contributed by atoms with E-state index in [2.05, 4.69) is 5.32 Å². The van der Waals surface area contributed by atoms with Crippen molar-refractivity contribution in [1.29, 1.82) is 0 Å². The van der Waals surface area contributed by atoms with E-state index in [1.54, 1.807) is 11.2 Å². The molecule has 32 heavy (non-hydrogen) atoms. The van der Waals surface area contributed by atoms with E-state index >= 15 is 0 Å². The summed E-state index contributed by atoms with van der Waals surface area (Å²) < 4.78 is 13.0. The first-order chi connectivity index (χ1) is 15.5. The standard InChI is InChI=1S/C25H35N3O4/c1-3-31-16-9-15-28-23(29)21-14-13-20(22-12-8-17-32-22)27(21)18-25(28,2)24(30)26-19-10-6-4-5-7-11-19/h8,12-14,17,19H,3-7,9-11,15-16,18H2,1-2H3,(H,26,30)/t25-/m0/s1. The van der Waals surface area contributed by atoms with Crippen LogP contribution in [0.5, 0.6) is 0 Å². The largest absolute Gasteiger partial charge is 0.463 e. The molecule has 1 aliphatic heterocycles. The first-order valence-electron chi connectivity index (χ1n) is 12.0. The van der Waals surface area contributed by atoms with Crippen LogP contribution in [-0.2, 0) is 16.1 Å². The molecule has 0 saturated heterocycles. The van der Waals surface area contributed by atoms with E-state index in [1.165, 1.54) is 12.8 Å². The molecule has 0 radical (unpaired) electrons. The van der Waals surface area contributed by atoms with Crippen molar-refractivity contribution in [3.8, 4) is 11.5 Å². The Morgan fingerprint density at radius 3 is 2.62 bits per heavy atom. The number of carbonyl (C=O) groups is 2. The molecule has 1 fully saturated rings. The lowest BCUT2D eigenvalue weighted by Crippen LogP contribution is -2.65. The zero-order valence-electron chi connectivity index (χ0n) is 19.3. The van der Waals surface area contributed by atoms with E-state index in [-0.39, 0.29) is 17.9 Å². The molecule has 0 aromatic carbocycles. The summed E-state index contributed by atoms with van der Waals surface area (Å²) in [5.41, 5.74) is 0.427. The molecular weight excluding hydrogens is 406 g/mol. The van der Waals surface area contributed by atoms with Crippen molar-refractivity contribution < 1.29 is 18.7 Å². The number of nitrogens with zero attached hydrogens (tertiary/aromatic N) is 2. The second kappa shape index (κ2) is 9.94. The van der Waals surface area contributed by atoms with Crippen molar-refractivity contribution in [2.75, 3.05) is 19.8 Å². The van der Waals surface area contributed by atoms with E-state index in [0.29, 0.717) is 44.2 Å². The average Bonchev–Trinajstić information content (AvgIpc) is 3.38. The maximum atomic E-state index is 13.7. The fraction of sp³-hybridized carbons (Fsp3) is 0.600. The molecular formula is C25H35N3O4. The SMILES string of the molecule is CCOCCCN1C(=O)c2ccc(-c3ccco3)n2C[C@@]1(C)C(=O)NC1CCCCCC1. The molecule has 2 aromatic rings. The lowest BCUT2D eigenvalue weighted by Gasteiger charge is -2.45. The first kappa shape index (κ1) is 22.6. The maximum Gasteiger partial charge on any atom is 0.271 e. The second-order valence-corrected chi connectivity index (χ2v) is 9.11. The Morgan fingerprint density at radius 1 is 1.19 bits per heavy atom. The number of carbonyl (C=O) groups excluding carboxylic acids is 2. The van der Waals surface area contributed by atoms with Crippen molar-refractivity contribution in [2.24, 2.45) is 0 Å². The Hall–Kier alpha value is -2.54. The predicted octanol–water partition coefficient (Wildman–Crippen LogP) is 4.23. The molecule has 1 saturated carbocycles. The van der Waals surface area contributed by atoms with Gasteiger partial charge in [-0.15, -0.1) is 0 Å². The highest BCUT2D eigenvalue weighted by Crippen LogP contribution is 2.33. The normalized spacial score (nSPS) is 21.9. The molecule has 174 valence electrons. The van der Waals surface area contributed by atoms with Gasteiger partial charge in [0, 0.05) is 25.8 Å². The Balaban J connectivity index is 1.62. The minimum absolute atomic E-state index is 0.0705. The van der Waals surface area contributed by atoms with Crippen LogP contribution in [-0.4, -0.2) is 52.6 Å². The molecule has 2 amide bonds. The molecule has 7 nitrogen and oxygen atoms in total. The van der Waals surface area contributed by atoms with Crippen molar-refractivity contribution in [3.05, 3.63) is 36.2 Å². The minimum atomic E-state index is -0.983. The summed E-state index contributed by atoms with van der Waals surface area (Å²) in [6, 6.07) is 7.62. The third-order valence-electron chi connectivity index (χ3n) is 6.83. The van der Waals surface area contributed by atoms with E-state index in [1.807, 2.05) is 42.7 Å². The molecule has 0 bridgehead atoms. The van der Waals surface area contributed by atoms with Gasteiger partial charge in [-0.05, 0) is 57.4 Å². The summed E-state index contributed by atoms with van der Waals surface area (Å²) in [6.45, 7) is 5.94. The summed E-state index contributed by atoms with van der Waals surface area (Å²) >= 11 is 0. The average molecular weight is 442 g/mol. The molecule has 3 heterocycles. The summed E-state index contributed by atoms with van der Waals surface area (Å²) in [4.78, 5) is 29.0. The van der Waals surface area contributed by atoms with Crippen molar-refractivity contribution in [3.63, 3.8) is 0 Å². The predicted molar refractivity (Wildman–Crippen MR) is 122 cm³/mol. The molecule has 2 aliphatic rings. The third kappa shape index (κ3) is 4.49. The van der Waals surface area contributed by atoms with Gasteiger partial charge in [0.15, 0.2) is 0 Å². The van der Waals surface area contributed by atoms with E-state index in [9.17, 15) is 9.59 Å². The van der Waals surface area contributed by atoms with Gasteiger partial charge in [-0.1, -0.05) is 25.7 Å². The molecule has 4 rings (SSSR count). The van der Waals surface area contributed by atoms with Crippen molar-refractivity contribution in [1.82, 2.24) is 14.8 Å². The van der Waals surface area contributed by atoms with Gasteiger partial charge < -0.3 is 23.9 Å². The summed E-state index contributed by atoms with van der Waals surface area (Å²) in [5.74, 6) is 0.503. The smallest absolute Gasteiger partial charge is 0.271 e. The van der Waals surface area contributed by atoms with Gasteiger partial charge in [0.1, 0.15) is 17.0 Å². The van der Waals surface area contributed by atoms with E-state index in [0.717, 1.165) is 31.4 Å². The van der Waals surface area contributed by atoms with Gasteiger partial charge in [0.05, 0.1) is 18.5 Å². The molecule has 2 aromatic heterocycles. The van der Waals surface area contributed by atoms with Crippen LogP contribution in [0.25, 0.3) is 11.5 Å². The van der Waals surface area contributed by atoms with Gasteiger partial charge in [-0.3, -0.25) is 9.59 Å². The molecule has 1 aliphatic carbocycles. The van der Waals surface area contributed by atoms with Crippen LogP contribution in [0, 0.1) is 0 Å². The molecule has 1 N–H and O–H groups in total. The number of nitrogens with one attached hydrogen (secondary N) is 1. The van der Waals surface area contributed by atoms with Crippen LogP contribution in [0.1, 0.15) is 69.3 Å². The second-order valence-electron chi connectivity index (χ2n) is 9.11. The Kier molecular flexibility index (Phi) is 7.04. The van der Waals surface area contributed by atoms with Crippen LogP contribution in [0.4, 0.5) is 0 Å². The van der Waals surface area contributed by atoms with Crippen LogP contribution in [0.2, 0.25) is 0 Å². The number of amides is 2. The molecule has 0 spiro atoms. The van der Waals surface area contributed by atoms with Gasteiger partial charge in [-0.25, -0.2) is 0 Å². The van der Waals surface area contributed by atoms with Gasteiger partial charge in [-0.2, -0.15) is 0 Å². The number of furan rings is 1. The van der Waals surface area contributed by atoms with Crippen LogP contribution < -0.4 is 5.32 Å². The van der Waals surface area contributed by atoms with E-state index in [4.69, 9.17) is 9.15 Å². The van der Waals surface area contributed by atoms with Gasteiger partial charge in [0.25, 0.3) is 5.91 Å². The summed E-state index contributed by atoms with van der Waals surface area (Å²) in [5, 5.41) is 3.30. The number of ether oxygens (including phenoxy) is 1. The highest BCUT2D eigenvalue weighted by atomic mass is 16.5. The monoisotopic (exact) mass is 441 g/mol. The van der Waals surface area contributed by atoms with Gasteiger partial charge >= 0.3 is 0 Å². The quantitative estimate of drug-likeness (QED) is 0.491. The van der Waals surface area contributed by atoms with Crippen molar-refractivity contribution in [2.45, 2.75) is 76.9 Å². The lowest BCUT2D eigenvalue weighted by atomic mass is 9.93. The minimum Gasteiger partial charge on any atom is -0.463 e. The fourth-order valence-corrected chi connectivity index (χ4v) is 5.00. The third-order valence-corrected chi connectivity index (χ3v) is 6.83. The van der Waals surface area contributed by atoms with Crippen LogP contribution >= 0.6 is 0 Å². The highest BCUT2D eigenvalue weighted by molar-refractivity contribution is 6.00. The summed E-state index contributed by atoms with van der Waals surface area (Å²) in [7, 11) is 0. The molecule has 0 unspecified atom stereocenters. The lowest BCUT2D eigenvalue weighted by molar-refractivity contribution is -0.133. The number of hydrogen-bond donors (Lipinski definition) is 1. The fourth-order valence-electron chi connectivity index (χ4n) is 5.00. The topological polar surface area (TPSA) is 76.7 Å². The number of rotatable bonds is 8. The molecule has 7 heteroatoms. The summed E-state index contributed by atoms with van der Waals surface area (Å²) in [6.07, 6.45) is 9.07. The highest BCUT2D eigenvalue weighted by Gasteiger charge is 2.48. The first-order valence-corrected chi connectivity index (χ1v) is 12.0. The molecule has 1 atom stereocenters.